The molecule has 0 amide bonds. The topological polar surface area (TPSA) is 29.4 Å². The number of rotatable bonds is 6. The highest BCUT2D eigenvalue weighted by atomic mass is 35.5. The van der Waals surface area contributed by atoms with E-state index in [1.54, 1.807) is 6.92 Å². The molecule has 0 aliphatic rings. The molecule has 0 aliphatic carbocycles. The van der Waals surface area contributed by atoms with Crippen LogP contribution >= 0.6 is 11.6 Å². The molecule has 0 fully saturated rings. The maximum absolute atomic E-state index is 12.2. The first-order valence-corrected chi connectivity index (χ1v) is 8.72. The first-order valence-electron chi connectivity index (χ1n) is 8.34. The summed E-state index contributed by atoms with van der Waals surface area (Å²) in [7, 11) is 0. The van der Waals surface area contributed by atoms with Gasteiger partial charge in [-0.15, -0.1) is 0 Å². The van der Waals surface area contributed by atoms with Crippen LogP contribution in [0.4, 0.5) is 0 Å². The highest BCUT2D eigenvalue weighted by Crippen LogP contribution is 2.34. The van der Waals surface area contributed by atoms with Crippen LogP contribution in [0.3, 0.4) is 0 Å². The number of benzene rings is 1. The summed E-state index contributed by atoms with van der Waals surface area (Å²) >= 11 is 6.17. The van der Waals surface area contributed by atoms with Gasteiger partial charge in [0, 0.05) is 17.5 Å². The van der Waals surface area contributed by atoms with Crippen molar-refractivity contribution >= 4 is 23.1 Å². The maximum Gasteiger partial charge on any atom is 0.178 e. The van der Waals surface area contributed by atoms with E-state index in [1.807, 2.05) is 25.1 Å². The third kappa shape index (κ3) is 6.47. The molecule has 0 aliphatic heterocycles. The van der Waals surface area contributed by atoms with Gasteiger partial charge in [0.05, 0.1) is 5.54 Å². The number of ketones is 1. The van der Waals surface area contributed by atoms with E-state index in [9.17, 15) is 4.79 Å². The molecule has 3 heteroatoms. The number of hydrogen-bond donors (Lipinski definition) is 0. The lowest BCUT2D eigenvalue weighted by atomic mass is 9.78. The normalized spacial score (nSPS) is 15.4. The van der Waals surface area contributed by atoms with Gasteiger partial charge in [0.15, 0.2) is 5.78 Å². The van der Waals surface area contributed by atoms with E-state index in [0.717, 1.165) is 30.4 Å². The van der Waals surface area contributed by atoms with E-state index in [0.29, 0.717) is 10.7 Å². The number of halogens is 1. The zero-order valence-corrected chi connectivity index (χ0v) is 16.3. The van der Waals surface area contributed by atoms with Gasteiger partial charge in [-0.05, 0) is 55.9 Å². The van der Waals surface area contributed by atoms with Gasteiger partial charge < -0.3 is 0 Å². The molecule has 0 saturated heterocycles. The monoisotopic (exact) mass is 335 g/mol. The lowest BCUT2D eigenvalue weighted by Gasteiger charge is -2.33. The predicted molar refractivity (Wildman–Crippen MR) is 101 cm³/mol. The molecule has 1 aromatic carbocycles. The van der Waals surface area contributed by atoms with Crippen molar-refractivity contribution in [1.29, 1.82) is 0 Å². The Hall–Kier alpha value is -1.15. The zero-order valence-electron chi connectivity index (χ0n) is 15.6. The average molecular weight is 336 g/mol. The van der Waals surface area contributed by atoms with Crippen LogP contribution in [0.5, 0.6) is 0 Å². The number of carbonyl (C=O) groups is 1. The minimum Gasteiger partial charge on any atom is -0.293 e. The van der Waals surface area contributed by atoms with Crippen molar-refractivity contribution in [3.05, 3.63) is 34.3 Å². The van der Waals surface area contributed by atoms with Crippen molar-refractivity contribution in [3.8, 4) is 0 Å². The largest absolute Gasteiger partial charge is 0.293 e. The second-order valence-electron chi connectivity index (χ2n) is 8.02. The molecule has 2 nitrogen and oxygen atoms in total. The molecule has 0 radical (unpaired) electrons. The SMILES string of the molecule is CCCC(C)(CC(C)(C)C)N=C(C(C)=O)c1cc(C)cc(Cl)c1. The quantitative estimate of drug-likeness (QED) is 0.584. The van der Waals surface area contributed by atoms with Crippen LogP contribution in [0.2, 0.25) is 5.02 Å². The third-order valence-corrected chi connectivity index (χ3v) is 3.95. The Balaban J connectivity index is 3.39. The summed E-state index contributed by atoms with van der Waals surface area (Å²) < 4.78 is 0. The smallest absolute Gasteiger partial charge is 0.178 e. The summed E-state index contributed by atoms with van der Waals surface area (Å²) in [6.07, 6.45) is 2.93. The maximum atomic E-state index is 12.2. The van der Waals surface area contributed by atoms with Gasteiger partial charge in [-0.25, -0.2) is 0 Å². The van der Waals surface area contributed by atoms with Crippen LogP contribution in [0, 0.1) is 12.3 Å². The van der Waals surface area contributed by atoms with Crippen LogP contribution in [0.25, 0.3) is 0 Å². The summed E-state index contributed by atoms with van der Waals surface area (Å²) in [6, 6.07) is 5.71. The Morgan fingerprint density at radius 1 is 1.17 bits per heavy atom. The molecule has 1 aromatic rings. The number of nitrogens with zero attached hydrogens (tertiary/aromatic N) is 1. The van der Waals surface area contributed by atoms with Gasteiger partial charge >= 0.3 is 0 Å². The molecule has 1 rings (SSSR count). The first-order chi connectivity index (χ1) is 10.5. The highest BCUT2D eigenvalue weighted by Gasteiger charge is 2.30. The Morgan fingerprint density at radius 2 is 1.78 bits per heavy atom. The molecule has 0 saturated carbocycles. The third-order valence-electron chi connectivity index (χ3n) is 3.73. The van der Waals surface area contributed by atoms with E-state index in [-0.39, 0.29) is 16.7 Å². The summed E-state index contributed by atoms with van der Waals surface area (Å²) in [5.41, 5.74) is 2.30. The van der Waals surface area contributed by atoms with Crippen LogP contribution in [-0.4, -0.2) is 17.0 Å². The van der Waals surface area contributed by atoms with E-state index in [4.69, 9.17) is 16.6 Å². The van der Waals surface area contributed by atoms with Gasteiger partial charge in [-0.2, -0.15) is 0 Å². The van der Waals surface area contributed by atoms with Gasteiger partial charge in [-0.1, -0.05) is 45.7 Å². The van der Waals surface area contributed by atoms with Crippen molar-refractivity contribution < 1.29 is 4.79 Å². The molecule has 0 heterocycles. The van der Waals surface area contributed by atoms with Crippen LogP contribution in [0.1, 0.15) is 71.9 Å². The highest BCUT2D eigenvalue weighted by molar-refractivity contribution is 6.46. The predicted octanol–water partition coefficient (Wildman–Crippen LogP) is 6.02. The molecule has 23 heavy (non-hydrogen) atoms. The van der Waals surface area contributed by atoms with Crippen LogP contribution < -0.4 is 0 Å². The minimum atomic E-state index is -0.246. The minimum absolute atomic E-state index is 0.0112. The number of Topliss-reactive ketones (excluding diaryl/α,β-unsaturated/α-hetero) is 1. The molecule has 0 aromatic heterocycles. The van der Waals surface area contributed by atoms with Gasteiger partial charge in [0.25, 0.3) is 0 Å². The number of hydrogen-bond acceptors (Lipinski definition) is 2. The summed E-state index contributed by atoms with van der Waals surface area (Å²) in [5.74, 6) is -0.0112. The Bertz CT molecular complexity index is 578. The number of aryl methyl sites for hydroxylation is 1. The van der Waals surface area contributed by atoms with E-state index >= 15 is 0 Å². The summed E-state index contributed by atoms with van der Waals surface area (Å²) in [5, 5.41) is 0.641. The molecule has 0 N–H and O–H groups in total. The molecular weight excluding hydrogens is 306 g/mol. The van der Waals surface area contributed by atoms with E-state index < -0.39 is 0 Å². The molecule has 1 atom stereocenters. The van der Waals surface area contributed by atoms with Crippen molar-refractivity contribution in [2.24, 2.45) is 10.4 Å². The zero-order chi connectivity index (χ0) is 17.8. The Kier molecular flexibility index (Phi) is 6.59. The Morgan fingerprint density at radius 3 is 2.22 bits per heavy atom. The first kappa shape index (κ1) is 19.9. The van der Waals surface area contributed by atoms with Gasteiger partial charge in [0.2, 0.25) is 0 Å². The second kappa shape index (κ2) is 7.61. The standard InChI is InChI=1S/C20H30ClNO/c1-8-9-20(7,13-19(4,5)6)22-18(15(3)23)16-10-14(2)11-17(21)12-16/h10-12H,8-9,13H2,1-7H3. The lowest BCUT2D eigenvalue weighted by Crippen LogP contribution is -2.31. The van der Waals surface area contributed by atoms with E-state index in [1.165, 1.54) is 0 Å². The van der Waals surface area contributed by atoms with Crippen molar-refractivity contribution in [2.75, 3.05) is 0 Å². The second-order valence-corrected chi connectivity index (χ2v) is 8.45. The number of aliphatic imine (C=N–C) groups is 1. The van der Waals surface area contributed by atoms with Crippen LogP contribution in [-0.2, 0) is 4.79 Å². The summed E-state index contributed by atoms with van der Waals surface area (Å²) in [4.78, 5) is 17.2. The van der Waals surface area contributed by atoms with Gasteiger partial charge in [-0.3, -0.25) is 9.79 Å². The molecule has 128 valence electrons. The molecule has 0 spiro atoms. The average Bonchev–Trinajstić information content (AvgIpc) is 2.32. The fraction of sp³-hybridized carbons (Fsp3) is 0.600. The molecule has 1 unspecified atom stereocenters. The molecule has 0 bridgehead atoms. The van der Waals surface area contributed by atoms with Crippen molar-refractivity contribution in [1.82, 2.24) is 0 Å². The molecular formula is C20H30ClNO. The van der Waals surface area contributed by atoms with Crippen molar-refractivity contribution in [3.63, 3.8) is 0 Å². The summed E-state index contributed by atoms with van der Waals surface area (Å²) in [6.45, 7) is 14.5. The van der Waals surface area contributed by atoms with Gasteiger partial charge in [0.1, 0.15) is 5.71 Å². The van der Waals surface area contributed by atoms with E-state index in [2.05, 4.69) is 34.6 Å². The Labute approximate surface area is 146 Å². The lowest BCUT2D eigenvalue weighted by molar-refractivity contribution is -0.111. The fourth-order valence-corrected chi connectivity index (χ4v) is 3.64. The van der Waals surface area contributed by atoms with Crippen LogP contribution in [0.15, 0.2) is 23.2 Å². The fourth-order valence-electron chi connectivity index (χ4n) is 3.35. The van der Waals surface area contributed by atoms with Crippen molar-refractivity contribution in [2.45, 2.75) is 73.3 Å². The number of carbonyl (C=O) groups excluding carboxylic acids is 1.